The molecule has 1 unspecified atom stereocenters. The molecule has 0 saturated carbocycles. The number of aromatic nitrogens is 4. The highest BCUT2D eigenvalue weighted by Crippen LogP contribution is 2.30. The molecule has 0 amide bonds. The van der Waals surface area contributed by atoms with Gasteiger partial charge in [0.2, 0.25) is 0 Å². The Balaban J connectivity index is 1.23. The number of fused-ring (bicyclic) bond motifs is 2. The van der Waals surface area contributed by atoms with Crippen molar-refractivity contribution in [1.29, 1.82) is 0 Å². The number of nitrogens with one attached hydrogen (secondary N) is 1. The van der Waals surface area contributed by atoms with Crippen LogP contribution in [0, 0.1) is 6.92 Å². The maximum atomic E-state index is 4.85. The highest BCUT2D eigenvalue weighted by Gasteiger charge is 2.26. The Morgan fingerprint density at radius 1 is 1.14 bits per heavy atom. The fraction of sp³-hybridized carbons (Fsp3) is 0.300. The molecule has 5 heteroatoms. The van der Waals surface area contributed by atoms with Crippen LogP contribution in [0.1, 0.15) is 53.8 Å². The summed E-state index contributed by atoms with van der Waals surface area (Å²) in [5.41, 5.74) is 9.85. The van der Waals surface area contributed by atoms with Crippen molar-refractivity contribution in [2.75, 3.05) is 13.1 Å². The molecule has 2 aliphatic heterocycles. The lowest BCUT2D eigenvalue weighted by atomic mass is 9.96. The van der Waals surface area contributed by atoms with Crippen LogP contribution >= 0.6 is 0 Å². The molecule has 1 N–H and O–H groups in total. The zero-order valence-corrected chi connectivity index (χ0v) is 20.2. The van der Waals surface area contributed by atoms with Gasteiger partial charge in [0.25, 0.3) is 0 Å². The number of hydrogen-bond donors (Lipinski definition) is 1. The second-order valence-corrected chi connectivity index (χ2v) is 9.81. The molecular weight excluding hydrogens is 430 g/mol. The molecule has 6 rings (SSSR count). The fourth-order valence-corrected chi connectivity index (χ4v) is 5.59. The molecule has 1 atom stereocenters. The molecule has 0 spiro atoms. The summed E-state index contributed by atoms with van der Waals surface area (Å²) < 4.78 is 0. The van der Waals surface area contributed by atoms with Gasteiger partial charge in [-0.05, 0) is 81.0 Å². The summed E-state index contributed by atoms with van der Waals surface area (Å²) >= 11 is 0. The maximum Gasteiger partial charge on any atom is 0.118 e. The smallest absolute Gasteiger partial charge is 0.118 e. The molecule has 176 valence electrons. The molecule has 1 fully saturated rings. The molecule has 0 aromatic carbocycles. The minimum atomic E-state index is 0.746. The topological polar surface area (TPSA) is 57.7 Å². The molecule has 1 aliphatic carbocycles. The zero-order chi connectivity index (χ0) is 23.6. The van der Waals surface area contributed by atoms with Gasteiger partial charge >= 0.3 is 0 Å². The number of nitrogens with zero attached hydrogens (tertiary/aromatic N) is 4. The van der Waals surface area contributed by atoms with Crippen molar-refractivity contribution >= 4 is 17.7 Å². The summed E-state index contributed by atoms with van der Waals surface area (Å²) in [4.78, 5) is 12.2. The summed E-state index contributed by atoms with van der Waals surface area (Å²) in [5.74, 6) is 0. The van der Waals surface area contributed by atoms with E-state index >= 15 is 0 Å². The largest absolute Gasteiger partial charge is 0.300 e. The third-order valence-corrected chi connectivity index (χ3v) is 7.34. The summed E-state index contributed by atoms with van der Waals surface area (Å²) in [6.07, 6.45) is 23.2. The van der Waals surface area contributed by atoms with E-state index in [0.717, 1.165) is 46.4 Å². The SMILES string of the molecule is Cc1cccc(-c2n[nH]cc2C2=C\C=C\c3cc(CC4=CCCN5CCCC5C4)cnc3/C=C\2)n1. The lowest BCUT2D eigenvalue weighted by molar-refractivity contribution is 0.263. The van der Waals surface area contributed by atoms with Crippen LogP contribution in [0.3, 0.4) is 0 Å². The third kappa shape index (κ3) is 4.69. The number of hydrogen-bond acceptors (Lipinski definition) is 4. The Bertz CT molecular complexity index is 1360. The second kappa shape index (κ2) is 9.59. The highest BCUT2D eigenvalue weighted by molar-refractivity contribution is 5.87. The van der Waals surface area contributed by atoms with E-state index < -0.39 is 0 Å². The predicted molar refractivity (Wildman–Crippen MR) is 142 cm³/mol. The summed E-state index contributed by atoms with van der Waals surface area (Å²) in [6.45, 7) is 4.50. The average Bonchev–Trinajstić information content (AvgIpc) is 3.46. The molecule has 3 aromatic rings. The molecule has 0 radical (unpaired) electrons. The van der Waals surface area contributed by atoms with Gasteiger partial charge in [0.15, 0.2) is 0 Å². The van der Waals surface area contributed by atoms with Crippen molar-refractivity contribution in [2.45, 2.75) is 45.1 Å². The number of rotatable bonds is 4. The van der Waals surface area contributed by atoms with Gasteiger partial charge in [0, 0.05) is 41.8 Å². The minimum absolute atomic E-state index is 0.746. The molecular formula is C30H31N5. The Labute approximate surface area is 207 Å². The number of pyridine rings is 2. The minimum Gasteiger partial charge on any atom is -0.300 e. The van der Waals surface area contributed by atoms with E-state index in [-0.39, 0.29) is 0 Å². The van der Waals surface area contributed by atoms with E-state index in [1.165, 1.54) is 49.9 Å². The van der Waals surface area contributed by atoms with E-state index in [1.807, 2.05) is 31.3 Å². The van der Waals surface area contributed by atoms with Gasteiger partial charge in [0.1, 0.15) is 5.69 Å². The third-order valence-electron chi connectivity index (χ3n) is 7.34. The van der Waals surface area contributed by atoms with Gasteiger partial charge in [0.05, 0.1) is 11.4 Å². The number of H-pyrrole nitrogens is 1. The summed E-state index contributed by atoms with van der Waals surface area (Å²) in [7, 11) is 0. The fourth-order valence-electron chi connectivity index (χ4n) is 5.59. The predicted octanol–water partition coefficient (Wildman–Crippen LogP) is 6.03. The van der Waals surface area contributed by atoms with Gasteiger partial charge in [-0.3, -0.25) is 20.0 Å². The first-order chi connectivity index (χ1) is 17.2. The number of allylic oxidation sites excluding steroid dienone is 4. The summed E-state index contributed by atoms with van der Waals surface area (Å²) in [6, 6.07) is 9.07. The molecule has 1 saturated heterocycles. The number of aromatic amines is 1. The monoisotopic (exact) mass is 461 g/mol. The normalized spacial score (nSPS) is 23.2. The van der Waals surface area contributed by atoms with E-state index in [9.17, 15) is 0 Å². The van der Waals surface area contributed by atoms with Crippen molar-refractivity contribution in [3.05, 3.63) is 94.6 Å². The zero-order valence-electron chi connectivity index (χ0n) is 20.2. The van der Waals surface area contributed by atoms with Gasteiger partial charge in [-0.15, -0.1) is 0 Å². The standard InChI is InChI=1S/C30H31N5/c1-21-6-2-11-29(33-21)30-27(20-32-34-30)24-8-3-9-25-17-23(19-31-28(25)13-12-24)16-22-7-4-14-35-15-5-10-26(35)18-22/h2-3,6-9,11-13,17,19-20,26H,4-5,10,14-16,18H2,1H3,(H,32,34)/b8-3?,9-3+,13-12-,24-8-,24-12?,25-9?,28-13?. The maximum absolute atomic E-state index is 4.85. The Morgan fingerprint density at radius 3 is 3.06 bits per heavy atom. The Kier molecular flexibility index (Phi) is 6.01. The molecule has 5 heterocycles. The van der Waals surface area contributed by atoms with Crippen molar-refractivity contribution < 1.29 is 0 Å². The molecule has 35 heavy (non-hydrogen) atoms. The van der Waals surface area contributed by atoms with Crippen molar-refractivity contribution in [3.63, 3.8) is 0 Å². The second-order valence-electron chi connectivity index (χ2n) is 9.81. The van der Waals surface area contributed by atoms with Gasteiger partial charge in [-0.1, -0.05) is 42.0 Å². The summed E-state index contributed by atoms with van der Waals surface area (Å²) in [5, 5.41) is 7.51. The van der Waals surface area contributed by atoms with Crippen LogP contribution < -0.4 is 0 Å². The Hall–Kier alpha value is -3.57. The van der Waals surface area contributed by atoms with E-state index in [2.05, 4.69) is 68.8 Å². The lowest BCUT2D eigenvalue weighted by Gasteiger charge is -2.22. The Morgan fingerprint density at radius 2 is 2.11 bits per heavy atom. The van der Waals surface area contributed by atoms with Crippen molar-refractivity contribution in [2.24, 2.45) is 0 Å². The van der Waals surface area contributed by atoms with Crippen LogP contribution in [0.15, 0.2) is 66.5 Å². The van der Waals surface area contributed by atoms with E-state index in [1.54, 1.807) is 5.57 Å². The quantitative estimate of drug-likeness (QED) is 0.482. The first-order valence-corrected chi connectivity index (χ1v) is 12.7. The average molecular weight is 462 g/mol. The highest BCUT2D eigenvalue weighted by atomic mass is 15.2. The molecule has 3 aliphatic rings. The number of aryl methyl sites for hydroxylation is 1. The lowest BCUT2D eigenvalue weighted by Crippen LogP contribution is -2.29. The van der Waals surface area contributed by atoms with E-state index in [0.29, 0.717) is 0 Å². The first kappa shape index (κ1) is 21.9. The van der Waals surface area contributed by atoms with Gasteiger partial charge < -0.3 is 0 Å². The van der Waals surface area contributed by atoms with Crippen LogP contribution in [0.4, 0.5) is 0 Å². The van der Waals surface area contributed by atoms with Crippen molar-refractivity contribution in [3.8, 4) is 11.4 Å². The van der Waals surface area contributed by atoms with Crippen LogP contribution in [-0.2, 0) is 6.42 Å². The van der Waals surface area contributed by atoms with Crippen LogP contribution in [0.25, 0.3) is 29.1 Å². The van der Waals surface area contributed by atoms with Crippen LogP contribution in [-0.4, -0.2) is 44.2 Å². The van der Waals surface area contributed by atoms with E-state index in [4.69, 9.17) is 4.98 Å². The van der Waals surface area contributed by atoms with Gasteiger partial charge in [-0.2, -0.15) is 5.10 Å². The molecule has 3 aromatic heterocycles. The molecule has 0 bridgehead atoms. The van der Waals surface area contributed by atoms with Crippen molar-refractivity contribution in [1.82, 2.24) is 25.1 Å². The van der Waals surface area contributed by atoms with Crippen LogP contribution in [0.5, 0.6) is 0 Å². The van der Waals surface area contributed by atoms with Gasteiger partial charge in [-0.25, -0.2) is 0 Å². The van der Waals surface area contributed by atoms with Crippen LogP contribution in [0.2, 0.25) is 0 Å². The molecule has 5 nitrogen and oxygen atoms in total. The first-order valence-electron chi connectivity index (χ1n) is 12.7.